The zero-order valence-corrected chi connectivity index (χ0v) is 21.5. The maximum atomic E-state index is 14.7. The molecule has 4 atom stereocenters. The summed E-state index contributed by atoms with van der Waals surface area (Å²) in [6, 6.07) is 9.91. The van der Waals surface area contributed by atoms with Crippen LogP contribution in [0, 0.1) is 17.1 Å². The van der Waals surface area contributed by atoms with E-state index in [4.69, 9.17) is 5.73 Å². The Kier molecular flexibility index (Phi) is 6.63. The fourth-order valence-electron chi connectivity index (χ4n) is 6.23. The maximum Gasteiger partial charge on any atom is 0.171 e. The van der Waals surface area contributed by atoms with Gasteiger partial charge in [-0.1, -0.05) is 6.07 Å². The molecule has 200 valence electrons. The van der Waals surface area contributed by atoms with E-state index >= 15 is 0 Å². The SMILES string of the molecule is CC1CN(c2ccc(C#N)n3ncc(F)c23)CC2CN(CCc3ccc(N4CC(N)C(F)C4)nc3)CCN12. The lowest BCUT2D eigenvalue weighted by Crippen LogP contribution is -2.65. The summed E-state index contributed by atoms with van der Waals surface area (Å²) in [5.74, 6) is 0.370. The average Bonchev–Trinajstić information content (AvgIpc) is 3.48. The Morgan fingerprint density at radius 2 is 1.92 bits per heavy atom. The van der Waals surface area contributed by atoms with Gasteiger partial charge in [0.05, 0.1) is 24.5 Å². The molecule has 3 aromatic heterocycles. The molecule has 6 heterocycles. The molecule has 9 nitrogen and oxygen atoms in total. The molecule has 11 heteroatoms. The van der Waals surface area contributed by atoms with Crippen molar-refractivity contribution in [1.82, 2.24) is 24.4 Å². The van der Waals surface area contributed by atoms with Crippen LogP contribution in [0.1, 0.15) is 18.2 Å². The molecule has 0 bridgehead atoms. The number of pyridine rings is 2. The number of nitrogens with two attached hydrogens (primary N) is 1. The Morgan fingerprint density at radius 3 is 2.66 bits per heavy atom. The average molecular weight is 522 g/mol. The Labute approximate surface area is 221 Å². The largest absolute Gasteiger partial charge is 0.367 e. The predicted molar refractivity (Wildman–Crippen MR) is 141 cm³/mol. The molecule has 38 heavy (non-hydrogen) atoms. The van der Waals surface area contributed by atoms with Crippen molar-refractivity contribution in [1.29, 1.82) is 5.26 Å². The molecule has 0 aromatic carbocycles. The van der Waals surface area contributed by atoms with Crippen molar-refractivity contribution in [2.75, 3.05) is 62.2 Å². The number of nitriles is 1. The van der Waals surface area contributed by atoms with Crippen molar-refractivity contribution in [2.45, 2.75) is 37.6 Å². The van der Waals surface area contributed by atoms with Gasteiger partial charge in [-0.3, -0.25) is 4.90 Å². The van der Waals surface area contributed by atoms with Crippen LogP contribution < -0.4 is 15.5 Å². The lowest BCUT2D eigenvalue weighted by molar-refractivity contribution is 0.0356. The second kappa shape index (κ2) is 10.1. The molecule has 3 fully saturated rings. The molecule has 3 aliphatic heterocycles. The number of halogens is 2. The van der Waals surface area contributed by atoms with E-state index in [1.165, 1.54) is 10.7 Å². The first kappa shape index (κ1) is 25.0. The standard InChI is InChI=1S/C27H33F2N9/c1-18-13-35(25-4-3-20(10-30)38-27(25)22(28)12-33-38)15-21-14-34(8-9-37(18)21)7-6-19-2-5-26(32-11-19)36-16-23(29)24(31)17-36/h2-5,11-12,18,21,23-24H,6-9,13-17,31H2,1H3. The van der Waals surface area contributed by atoms with E-state index in [0.717, 1.165) is 62.8 Å². The molecule has 6 rings (SSSR count). The fourth-order valence-corrected chi connectivity index (χ4v) is 6.23. The Hall–Kier alpha value is -3.33. The van der Waals surface area contributed by atoms with Crippen molar-refractivity contribution >= 4 is 17.0 Å². The Bertz CT molecular complexity index is 1330. The lowest BCUT2D eigenvalue weighted by Gasteiger charge is -2.51. The molecule has 0 aliphatic carbocycles. The number of piperazine rings is 2. The molecule has 0 spiro atoms. The van der Waals surface area contributed by atoms with E-state index in [1.54, 1.807) is 6.07 Å². The normalized spacial score (nSPS) is 26.6. The van der Waals surface area contributed by atoms with Crippen LogP contribution >= 0.6 is 0 Å². The Balaban J connectivity index is 1.10. The van der Waals surface area contributed by atoms with E-state index in [-0.39, 0.29) is 0 Å². The van der Waals surface area contributed by atoms with Gasteiger partial charge < -0.3 is 20.4 Å². The van der Waals surface area contributed by atoms with Gasteiger partial charge in [-0.2, -0.15) is 10.4 Å². The summed E-state index contributed by atoms with van der Waals surface area (Å²) < 4.78 is 29.9. The molecule has 0 saturated carbocycles. The third-order valence-corrected chi connectivity index (χ3v) is 8.28. The first-order valence-corrected chi connectivity index (χ1v) is 13.3. The monoisotopic (exact) mass is 521 g/mol. The number of nitrogens with zero attached hydrogens (tertiary/aromatic N) is 8. The predicted octanol–water partition coefficient (Wildman–Crippen LogP) is 1.66. The first-order chi connectivity index (χ1) is 18.4. The zero-order valence-electron chi connectivity index (χ0n) is 21.5. The van der Waals surface area contributed by atoms with Gasteiger partial charge in [0.2, 0.25) is 0 Å². The van der Waals surface area contributed by atoms with Gasteiger partial charge in [0.15, 0.2) is 5.82 Å². The van der Waals surface area contributed by atoms with Crippen molar-refractivity contribution in [3.05, 3.63) is 53.7 Å². The minimum absolute atomic E-state index is 0.302. The van der Waals surface area contributed by atoms with Gasteiger partial charge in [0.1, 0.15) is 29.3 Å². The van der Waals surface area contributed by atoms with E-state index in [1.807, 2.05) is 23.2 Å². The van der Waals surface area contributed by atoms with Crippen molar-refractivity contribution in [3.8, 4) is 6.07 Å². The number of fused-ring (bicyclic) bond motifs is 2. The third kappa shape index (κ3) is 4.57. The lowest BCUT2D eigenvalue weighted by atomic mass is 10.0. The quantitative estimate of drug-likeness (QED) is 0.542. The van der Waals surface area contributed by atoms with E-state index in [9.17, 15) is 14.0 Å². The smallest absolute Gasteiger partial charge is 0.171 e. The van der Waals surface area contributed by atoms with Crippen LogP contribution in [0.25, 0.3) is 5.52 Å². The second-order valence-electron chi connectivity index (χ2n) is 10.8. The van der Waals surface area contributed by atoms with Gasteiger partial charge in [-0.05, 0) is 37.1 Å². The number of anilines is 2. The van der Waals surface area contributed by atoms with Gasteiger partial charge >= 0.3 is 0 Å². The van der Waals surface area contributed by atoms with Crippen LogP contribution in [0.5, 0.6) is 0 Å². The second-order valence-corrected chi connectivity index (χ2v) is 10.8. The summed E-state index contributed by atoms with van der Waals surface area (Å²) in [4.78, 5) is 13.8. The molecule has 4 unspecified atom stereocenters. The molecular weight excluding hydrogens is 488 g/mol. The van der Waals surface area contributed by atoms with E-state index in [2.05, 4.69) is 43.8 Å². The molecule has 0 radical (unpaired) electrons. The molecule has 3 aliphatic rings. The van der Waals surface area contributed by atoms with Gasteiger partial charge in [0, 0.05) is 64.1 Å². The van der Waals surface area contributed by atoms with Crippen molar-refractivity contribution in [3.63, 3.8) is 0 Å². The topological polar surface area (TPSA) is 93.0 Å². The highest BCUT2D eigenvalue weighted by Gasteiger charge is 2.37. The van der Waals surface area contributed by atoms with Crippen LogP contribution in [0.3, 0.4) is 0 Å². The van der Waals surface area contributed by atoms with Crippen LogP contribution in [0.4, 0.5) is 20.3 Å². The van der Waals surface area contributed by atoms with Crippen LogP contribution in [-0.2, 0) is 6.42 Å². The van der Waals surface area contributed by atoms with Crippen LogP contribution in [0.2, 0.25) is 0 Å². The van der Waals surface area contributed by atoms with Gasteiger partial charge in [-0.15, -0.1) is 0 Å². The molecular formula is C27H33F2N9. The summed E-state index contributed by atoms with van der Waals surface area (Å²) in [6.45, 7) is 8.49. The minimum atomic E-state index is -1.00. The van der Waals surface area contributed by atoms with Gasteiger partial charge in [0.25, 0.3) is 0 Å². The van der Waals surface area contributed by atoms with Crippen molar-refractivity contribution < 1.29 is 8.78 Å². The van der Waals surface area contributed by atoms with Crippen LogP contribution in [0.15, 0.2) is 36.7 Å². The number of hydrogen-bond donors (Lipinski definition) is 1. The van der Waals surface area contributed by atoms with Gasteiger partial charge in [-0.25, -0.2) is 18.3 Å². The van der Waals surface area contributed by atoms with Crippen molar-refractivity contribution in [2.24, 2.45) is 5.73 Å². The highest BCUT2D eigenvalue weighted by molar-refractivity contribution is 5.75. The summed E-state index contributed by atoms with van der Waals surface area (Å²) >= 11 is 0. The summed E-state index contributed by atoms with van der Waals surface area (Å²) in [5, 5.41) is 13.5. The maximum absolute atomic E-state index is 14.7. The minimum Gasteiger partial charge on any atom is -0.367 e. The molecule has 3 saturated heterocycles. The first-order valence-electron chi connectivity index (χ1n) is 13.3. The highest BCUT2D eigenvalue weighted by Crippen LogP contribution is 2.30. The van der Waals surface area contributed by atoms with Crippen LogP contribution in [-0.4, -0.2) is 101 Å². The zero-order chi connectivity index (χ0) is 26.4. The third-order valence-electron chi connectivity index (χ3n) is 8.28. The number of alkyl halides is 1. The summed E-state index contributed by atoms with van der Waals surface area (Å²) in [7, 11) is 0. The number of hydrogen-bond acceptors (Lipinski definition) is 8. The molecule has 2 N–H and O–H groups in total. The summed E-state index contributed by atoms with van der Waals surface area (Å²) in [6.07, 6.45) is 2.96. The number of rotatable bonds is 5. The van der Waals surface area contributed by atoms with E-state index < -0.39 is 18.0 Å². The molecule has 0 amide bonds. The highest BCUT2D eigenvalue weighted by atomic mass is 19.1. The fraction of sp³-hybridized carbons (Fsp3) is 0.519. The Morgan fingerprint density at radius 1 is 1.05 bits per heavy atom. The number of aromatic nitrogens is 3. The van der Waals surface area contributed by atoms with E-state index in [0.29, 0.717) is 36.4 Å². The summed E-state index contributed by atoms with van der Waals surface area (Å²) in [5.41, 5.74) is 8.44. The molecule has 3 aromatic rings.